The van der Waals surface area contributed by atoms with Gasteiger partial charge in [-0.2, -0.15) is 0 Å². The van der Waals surface area contributed by atoms with Gasteiger partial charge in [-0.15, -0.1) is 0 Å². The zero-order valence-corrected chi connectivity index (χ0v) is 10.8. The zero-order chi connectivity index (χ0) is 13.8. The van der Waals surface area contributed by atoms with E-state index in [9.17, 15) is 9.50 Å². The van der Waals surface area contributed by atoms with Crippen LogP contribution in [0.25, 0.3) is 0 Å². The smallest absolute Gasteiger partial charge is 0.133 e. The fourth-order valence-corrected chi connectivity index (χ4v) is 1.71. The van der Waals surface area contributed by atoms with Gasteiger partial charge in [-0.25, -0.2) is 4.39 Å². The highest BCUT2D eigenvalue weighted by Crippen LogP contribution is 2.30. The Morgan fingerprint density at radius 2 is 1.68 bits per heavy atom. The normalized spacial score (nSPS) is 12.0. The van der Waals surface area contributed by atoms with Gasteiger partial charge in [0, 0.05) is 5.56 Å². The maximum absolute atomic E-state index is 13.2. The van der Waals surface area contributed by atoms with Crippen molar-refractivity contribution in [3.05, 3.63) is 53.8 Å². The van der Waals surface area contributed by atoms with Gasteiger partial charge in [0.05, 0.1) is 13.2 Å². The first-order valence-corrected chi connectivity index (χ1v) is 5.89. The quantitative estimate of drug-likeness (QED) is 0.913. The molecule has 2 rings (SSSR count). The standard InChI is InChI=1S/C15H15FO3/c1-10(17)14-9-11(16)3-8-15(14)19-13-6-4-12(18-2)5-7-13/h3-10,17H,1-2H3. The molecule has 0 amide bonds. The van der Waals surface area contributed by atoms with Gasteiger partial charge in [-0.1, -0.05) is 0 Å². The number of rotatable bonds is 4. The molecule has 0 aliphatic heterocycles. The van der Waals surface area contributed by atoms with Crippen LogP contribution in [0.5, 0.6) is 17.2 Å². The maximum Gasteiger partial charge on any atom is 0.133 e. The molecule has 4 heteroatoms. The van der Waals surface area contributed by atoms with E-state index in [1.807, 2.05) is 0 Å². The molecule has 0 spiro atoms. The molecule has 0 heterocycles. The Morgan fingerprint density at radius 1 is 1.05 bits per heavy atom. The largest absolute Gasteiger partial charge is 0.497 e. The van der Waals surface area contributed by atoms with Crippen molar-refractivity contribution in [2.24, 2.45) is 0 Å². The summed E-state index contributed by atoms with van der Waals surface area (Å²) >= 11 is 0. The van der Waals surface area contributed by atoms with Crippen molar-refractivity contribution in [2.75, 3.05) is 7.11 Å². The first kappa shape index (κ1) is 13.4. The van der Waals surface area contributed by atoms with Crippen molar-refractivity contribution in [2.45, 2.75) is 13.0 Å². The van der Waals surface area contributed by atoms with Gasteiger partial charge >= 0.3 is 0 Å². The van der Waals surface area contributed by atoms with Crippen LogP contribution in [0.2, 0.25) is 0 Å². The summed E-state index contributed by atoms with van der Waals surface area (Å²) in [6.07, 6.45) is -0.802. The molecule has 1 unspecified atom stereocenters. The lowest BCUT2D eigenvalue weighted by atomic mass is 10.1. The molecule has 100 valence electrons. The minimum absolute atomic E-state index is 0.405. The number of aliphatic hydroxyl groups is 1. The summed E-state index contributed by atoms with van der Waals surface area (Å²) in [5.74, 6) is 1.34. The van der Waals surface area contributed by atoms with Gasteiger partial charge in [0.2, 0.25) is 0 Å². The molecule has 2 aromatic carbocycles. The molecule has 1 N–H and O–H groups in total. The van der Waals surface area contributed by atoms with E-state index in [1.54, 1.807) is 38.3 Å². The minimum Gasteiger partial charge on any atom is -0.497 e. The molecule has 2 aromatic rings. The van der Waals surface area contributed by atoms with Gasteiger partial charge in [0.1, 0.15) is 23.1 Å². The van der Waals surface area contributed by atoms with Crippen LogP contribution in [0.15, 0.2) is 42.5 Å². The second-order valence-electron chi connectivity index (χ2n) is 4.14. The zero-order valence-electron chi connectivity index (χ0n) is 10.8. The molecule has 0 aromatic heterocycles. The SMILES string of the molecule is COc1ccc(Oc2ccc(F)cc2C(C)O)cc1. The average molecular weight is 262 g/mol. The average Bonchev–Trinajstić information content (AvgIpc) is 2.41. The van der Waals surface area contributed by atoms with E-state index in [2.05, 4.69) is 0 Å². The summed E-state index contributed by atoms with van der Waals surface area (Å²) in [6, 6.07) is 11.1. The van der Waals surface area contributed by atoms with Crippen molar-refractivity contribution >= 4 is 0 Å². The molecule has 3 nitrogen and oxygen atoms in total. The Hall–Kier alpha value is -2.07. The number of hydrogen-bond donors (Lipinski definition) is 1. The molecule has 0 aliphatic carbocycles. The maximum atomic E-state index is 13.2. The lowest BCUT2D eigenvalue weighted by molar-refractivity contribution is 0.195. The Morgan fingerprint density at radius 3 is 2.26 bits per heavy atom. The fourth-order valence-electron chi connectivity index (χ4n) is 1.71. The highest BCUT2D eigenvalue weighted by molar-refractivity contribution is 5.40. The van der Waals surface area contributed by atoms with Crippen LogP contribution >= 0.6 is 0 Å². The molecule has 0 saturated heterocycles. The number of aliphatic hydroxyl groups excluding tert-OH is 1. The molecule has 0 aliphatic rings. The van der Waals surface area contributed by atoms with Gasteiger partial charge in [0.25, 0.3) is 0 Å². The monoisotopic (exact) mass is 262 g/mol. The number of hydrogen-bond acceptors (Lipinski definition) is 3. The predicted molar refractivity (Wildman–Crippen MR) is 70.1 cm³/mol. The summed E-state index contributed by atoms with van der Waals surface area (Å²) < 4.78 is 23.9. The molecule has 19 heavy (non-hydrogen) atoms. The van der Waals surface area contributed by atoms with E-state index in [0.717, 1.165) is 5.75 Å². The summed E-state index contributed by atoms with van der Waals surface area (Å²) in [5, 5.41) is 9.62. The molecule has 0 bridgehead atoms. The van der Waals surface area contributed by atoms with E-state index in [1.165, 1.54) is 18.2 Å². The van der Waals surface area contributed by atoms with E-state index in [4.69, 9.17) is 9.47 Å². The van der Waals surface area contributed by atoms with Crippen LogP contribution in [0, 0.1) is 5.82 Å². The number of ether oxygens (including phenoxy) is 2. The fraction of sp³-hybridized carbons (Fsp3) is 0.200. The van der Waals surface area contributed by atoms with E-state index < -0.39 is 11.9 Å². The van der Waals surface area contributed by atoms with Gasteiger partial charge in [-0.05, 0) is 49.4 Å². The lowest BCUT2D eigenvalue weighted by Crippen LogP contribution is -1.97. The van der Waals surface area contributed by atoms with Crippen molar-refractivity contribution in [1.82, 2.24) is 0 Å². The second-order valence-corrected chi connectivity index (χ2v) is 4.14. The summed E-state index contributed by atoms with van der Waals surface area (Å²) in [7, 11) is 1.58. The molecule has 0 radical (unpaired) electrons. The van der Waals surface area contributed by atoms with Crippen molar-refractivity contribution in [1.29, 1.82) is 0 Å². The minimum atomic E-state index is -0.802. The van der Waals surface area contributed by atoms with E-state index in [0.29, 0.717) is 17.1 Å². The van der Waals surface area contributed by atoms with Crippen LogP contribution in [-0.4, -0.2) is 12.2 Å². The van der Waals surface area contributed by atoms with Crippen LogP contribution in [0.4, 0.5) is 4.39 Å². The Kier molecular flexibility index (Phi) is 4.02. The van der Waals surface area contributed by atoms with E-state index in [-0.39, 0.29) is 0 Å². The Balaban J connectivity index is 2.26. The number of benzene rings is 2. The van der Waals surface area contributed by atoms with Crippen molar-refractivity contribution in [3.8, 4) is 17.2 Å². The predicted octanol–water partition coefficient (Wildman–Crippen LogP) is 3.68. The highest BCUT2D eigenvalue weighted by atomic mass is 19.1. The molecular weight excluding hydrogens is 247 g/mol. The number of methoxy groups -OCH3 is 1. The van der Waals surface area contributed by atoms with Crippen LogP contribution in [0.3, 0.4) is 0 Å². The molecule has 0 saturated carbocycles. The molecular formula is C15H15FO3. The van der Waals surface area contributed by atoms with Crippen molar-refractivity contribution < 1.29 is 19.0 Å². The van der Waals surface area contributed by atoms with Gasteiger partial charge in [0.15, 0.2) is 0 Å². The Labute approximate surface area is 111 Å². The van der Waals surface area contributed by atoms with Crippen molar-refractivity contribution in [3.63, 3.8) is 0 Å². The third kappa shape index (κ3) is 3.23. The first-order chi connectivity index (χ1) is 9.10. The van der Waals surface area contributed by atoms with Crippen LogP contribution in [0.1, 0.15) is 18.6 Å². The summed E-state index contributed by atoms with van der Waals surface area (Å²) in [6.45, 7) is 1.57. The van der Waals surface area contributed by atoms with Crippen LogP contribution < -0.4 is 9.47 Å². The summed E-state index contributed by atoms with van der Waals surface area (Å²) in [5.41, 5.74) is 0.413. The van der Waals surface area contributed by atoms with Gasteiger partial charge in [-0.3, -0.25) is 0 Å². The third-order valence-electron chi connectivity index (χ3n) is 2.71. The second kappa shape index (κ2) is 5.71. The highest BCUT2D eigenvalue weighted by Gasteiger charge is 2.11. The number of halogens is 1. The Bertz CT molecular complexity index is 550. The van der Waals surface area contributed by atoms with E-state index >= 15 is 0 Å². The van der Waals surface area contributed by atoms with Crippen LogP contribution in [-0.2, 0) is 0 Å². The topological polar surface area (TPSA) is 38.7 Å². The first-order valence-electron chi connectivity index (χ1n) is 5.89. The third-order valence-corrected chi connectivity index (χ3v) is 2.71. The molecule has 1 atom stereocenters. The van der Waals surface area contributed by atoms with Gasteiger partial charge < -0.3 is 14.6 Å². The summed E-state index contributed by atoms with van der Waals surface area (Å²) in [4.78, 5) is 0. The lowest BCUT2D eigenvalue weighted by Gasteiger charge is -2.13. The molecule has 0 fully saturated rings.